The molecule has 0 saturated carbocycles. The summed E-state index contributed by atoms with van der Waals surface area (Å²) in [6.45, 7) is 2.90. The predicted molar refractivity (Wildman–Crippen MR) is 61.5 cm³/mol. The van der Waals surface area contributed by atoms with Crippen molar-refractivity contribution in [2.75, 3.05) is 5.32 Å². The van der Waals surface area contributed by atoms with Gasteiger partial charge in [0.2, 0.25) is 0 Å². The summed E-state index contributed by atoms with van der Waals surface area (Å²) in [7, 11) is 0. The number of hydrogen-bond acceptors (Lipinski definition) is 2. The summed E-state index contributed by atoms with van der Waals surface area (Å²) in [5.41, 5.74) is 0.763. The Labute approximate surface area is 102 Å². The molecular formula is C12H12F3N3. The van der Waals surface area contributed by atoms with E-state index in [1.807, 2.05) is 6.92 Å². The van der Waals surface area contributed by atoms with Crippen molar-refractivity contribution < 1.29 is 13.2 Å². The highest BCUT2D eigenvalue weighted by Gasteiger charge is 2.10. The standard InChI is InChI=1S/C12H12F3N3/c1-2-18-8(3-4-17-18)7-16-12-6-10(14)9(13)5-11(12)15/h3-6,16H,2,7H2,1H3. The molecule has 0 aliphatic heterocycles. The molecule has 96 valence electrons. The van der Waals surface area contributed by atoms with Gasteiger partial charge in [0.1, 0.15) is 5.82 Å². The lowest BCUT2D eigenvalue weighted by Crippen LogP contribution is -2.09. The highest BCUT2D eigenvalue weighted by atomic mass is 19.2. The third-order valence-corrected chi connectivity index (χ3v) is 2.57. The number of benzene rings is 1. The van der Waals surface area contributed by atoms with Gasteiger partial charge in [-0.3, -0.25) is 4.68 Å². The molecule has 0 aliphatic carbocycles. The largest absolute Gasteiger partial charge is 0.377 e. The van der Waals surface area contributed by atoms with Crippen molar-refractivity contribution in [3.8, 4) is 0 Å². The van der Waals surface area contributed by atoms with Gasteiger partial charge in [-0.25, -0.2) is 13.2 Å². The van der Waals surface area contributed by atoms with Crippen LogP contribution in [0.25, 0.3) is 0 Å². The van der Waals surface area contributed by atoms with Gasteiger partial charge >= 0.3 is 0 Å². The number of nitrogens with one attached hydrogen (secondary N) is 1. The summed E-state index contributed by atoms with van der Waals surface area (Å²) in [5.74, 6) is -3.10. The summed E-state index contributed by atoms with van der Waals surface area (Å²) in [6, 6.07) is 3.10. The first-order chi connectivity index (χ1) is 8.61. The number of aryl methyl sites for hydroxylation is 1. The molecule has 2 aromatic rings. The normalized spacial score (nSPS) is 10.7. The lowest BCUT2D eigenvalue weighted by atomic mass is 10.2. The zero-order chi connectivity index (χ0) is 13.1. The van der Waals surface area contributed by atoms with Gasteiger partial charge in [-0.15, -0.1) is 0 Å². The molecule has 18 heavy (non-hydrogen) atoms. The number of aromatic nitrogens is 2. The van der Waals surface area contributed by atoms with Gasteiger partial charge in [0.15, 0.2) is 11.6 Å². The molecule has 0 fully saturated rings. The number of rotatable bonds is 4. The topological polar surface area (TPSA) is 29.9 Å². The van der Waals surface area contributed by atoms with Crippen LogP contribution in [0.1, 0.15) is 12.6 Å². The van der Waals surface area contributed by atoms with Crippen LogP contribution in [0.3, 0.4) is 0 Å². The van der Waals surface area contributed by atoms with Gasteiger partial charge in [-0.1, -0.05) is 0 Å². The van der Waals surface area contributed by atoms with Crippen LogP contribution in [0.5, 0.6) is 0 Å². The van der Waals surface area contributed by atoms with Crippen LogP contribution in [-0.2, 0) is 13.1 Å². The molecule has 0 radical (unpaired) electrons. The molecule has 0 saturated heterocycles. The van der Waals surface area contributed by atoms with Gasteiger partial charge in [-0.2, -0.15) is 5.10 Å². The molecule has 2 rings (SSSR count). The molecule has 0 amide bonds. The molecule has 1 aromatic carbocycles. The Bertz CT molecular complexity index is 551. The lowest BCUT2D eigenvalue weighted by molar-refractivity contribution is 0.496. The average molecular weight is 255 g/mol. The van der Waals surface area contributed by atoms with E-state index < -0.39 is 17.5 Å². The number of halogens is 3. The quantitative estimate of drug-likeness (QED) is 0.851. The van der Waals surface area contributed by atoms with Crippen LogP contribution in [0.4, 0.5) is 18.9 Å². The summed E-state index contributed by atoms with van der Waals surface area (Å²) in [6.07, 6.45) is 1.63. The van der Waals surface area contributed by atoms with Crippen LogP contribution >= 0.6 is 0 Å². The molecule has 1 heterocycles. The fourth-order valence-corrected chi connectivity index (χ4v) is 1.64. The van der Waals surface area contributed by atoms with Crippen LogP contribution < -0.4 is 5.32 Å². The fourth-order valence-electron chi connectivity index (χ4n) is 1.64. The van der Waals surface area contributed by atoms with Crippen molar-refractivity contribution in [3.63, 3.8) is 0 Å². The van der Waals surface area contributed by atoms with Crippen molar-refractivity contribution in [2.45, 2.75) is 20.0 Å². The summed E-state index contributed by atoms with van der Waals surface area (Å²) >= 11 is 0. The predicted octanol–water partition coefficient (Wildman–Crippen LogP) is 2.93. The minimum atomic E-state index is -1.20. The Morgan fingerprint density at radius 3 is 2.61 bits per heavy atom. The minimum absolute atomic E-state index is 0.0715. The van der Waals surface area contributed by atoms with Gasteiger partial charge in [0.25, 0.3) is 0 Å². The van der Waals surface area contributed by atoms with Gasteiger partial charge in [0, 0.05) is 24.9 Å². The van der Waals surface area contributed by atoms with E-state index in [0.29, 0.717) is 12.6 Å². The van der Waals surface area contributed by atoms with Crippen LogP contribution in [-0.4, -0.2) is 9.78 Å². The number of anilines is 1. The molecule has 0 unspecified atom stereocenters. The zero-order valence-corrected chi connectivity index (χ0v) is 9.75. The third kappa shape index (κ3) is 2.47. The molecule has 0 atom stereocenters. The molecule has 0 aliphatic rings. The van der Waals surface area contributed by atoms with Crippen molar-refractivity contribution in [3.05, 3.63) is 47.5 Å². The molecule has 3 nitrogen and oxygen atoms in total. The van der Waals surface area contributed by atoms with E-state index in [0.717, 1.165) is 11.8 Å². The SMILES string of the molecule is CCn1nccc1CNc1cc(F)c(F)cc1F. The first kappa shape index (κ1) is 12.5. The van der Waals surface area contributed by atoms with Crippen molar-refractivity contribution >= 4 is 5.69 Å². The molecule has 1 aromatic heterocycles. The highest BCUT2D eigenvalue weighted by molar-refractivity contribution is 5.45. The maximum absolute atomic E-state index is 13.3. The summed E-state index contributed by atoms with van der Waals surface area (Å²) in [4.78, 5) is 0. The van der Waals surface area contributed by atoms with E-state index in [-0.39, 0.29) is 12.2 Å². The van der Waals surface area contributed by atoms with Gasteiger partial charge in [0.05, 0.1) is 17.9 Å². The molecule has 0 bridgehead atoms. The second-order valence-corrected chi connectivity index (χ2v) is 3.74. The minimum Gasteiger partial charge on any atom is -0.377 e. The second kappa shape index (κ2) is 5.12. The second-order valence-electron chi connectivity index (χ2n) is 3.74. The van der Waals surface area contributed by atoms with Crippen molar-refractivity contribution in [1.29, 1.82) is 0 Å². The van der Waals surface area contributed by atoms with Crippen LogP contribution in [0.15, 0.2) is 24.4 Å². The molecular weight excluding hydrogens is 243 g/mol. The Morgan fingerprint density at radius 1 is 1.17 bits per heavy atom. The summed E-state index contributed by atoms with van der Waals surface area (Å²) < 4.78 is 40.8. The Hall–Kier alpha value is -1.98. The number of hydrogen-bond donors (Lipinski definition) is 1. The number of nitrogens with zero attached hydrogens (tertiary/aromatic N) is 2. The van der Waals surface area contributed by atoms with Gasteiger partial charge in [-0.05, 0) is 13.0 Å². The van der Waals surface area contributed by atoms with Crippen LogP contribution in [0.2, 0.25) is 0 Å². The van der Waals surface area contributed by atoms with E-state index in [9.17, 15) is 13.2 Å². The van der Waals surface area contributed by atoms with E-state index >= 15 is 0 Å². The molecule has 0 spiro atoms. The Balaban J connectivity index is 2.13. The van der Waals surface area contributed by atoms with Crippen molar-refractivity contribution in [1.82, 2.24) is 9.78 Å². The third-order valence-electron chi connectivity index (χ3n) is 2.57. The first-order valence-corrected chi connectivity index (χ1v) is 5.51. The molecule has 6 heteroatoms. The van der Waals surface area contributed by atoms with E-state index in [1.54, 1.807) is 16.9 Å². The highest BCUT2D eigenvalue weighted by Crippen LogP contribution is 2.19. The first-order valence-electron chi connectivity index (χ1n) is 5.51. The van der Waals surface area contributed by atoms with Crippen LogP contribution in [0, 0.1) is 17.5 Å². The van der Waals surface area contributed by atoms with Gasteiger partial charge < -0.3 is 5.32 Å². The Kier molecular flexibility index (Phi) is 3.55. The van der Waals surface area contributed by atoms with E-state index in [1.165, 1.54) is 0 Å². The Morgan fingerprint density at radius 2 is 1.89 bits per heavy atom. The average Bonchev–Trinajstić information content (AvgIpc) is 2.79. The van der Waals surface area contributed by atoms with Crippen molar-refractivity contribution in [2.24, 2.45) is 0 Å². The smallest absolute Gasteiger partial charge is 0.161 e. The zero-order valence-electron chi connectivity index (χ0n) is 9.75. The van der Waals surface area contributed by atoms with E-state index in [4.69, 9.17) is 0 Å². The molecule has 1 N–H and O–H groups in total. The fraction of sp³-hybridized carbons (Fsp3) is 0.250. The maximum atomic E-state index is 13.3. The summed E-state index contributed by atoms with van der Waals surface area (Å²) in [5, 5.41) is 6.77. The van der Waals surface area contributed by atoms with E-state index in [2.05, 4.69) is 10.4 Å². The lowest BCUT2D eigenvalue weighted by Gasteiger charge is -2.09. The monoisotopic (exact) mass is 255 g/mol. The maximum Gasteiger partial charge on any atom is 0.161 e.